The van der Waals surface area contributed by atoms with Crippen molar-refractivity contribution in [1.29, 1.82) is 0 Å². The van der Waals surface area contributed by atoms with Gasteiger partial charge in [-0.25, -0.2) is 0 Å². The first-order valence-electron chi connectivity index (χ1n) is 4.59. The minimum Gasteiger partial charge on any atom is -0.497 e. The molecule has 1 heterocycles. The van der Waals surface area contributed by atoms with Crippen LogP contribution in [0, 0.1) is 0 Å². The highest BCUT2D eigenvalue weighted by atomic mass is 16.5. The normalized spacial score (nSPS) is 20.6. The Labute approximate surface area is 82.6 Å². The second-order valence-corrected chi connectivity index (χ2v) is 3.36. The van der Waals surface area contributed by atoms with E-state index in [1.54, 1.807) is 7.11 Å². The zero-order valence-corrected chi connectivity index (χ0v) is 8.03. The zero-order valence-electron chi connectivity index (χ0n) is 8.03. The summed E-state index contributed by atoms with van der Waals surface area (Å²) in [7, 11) is 1.63. The molecular weight excluding hydrogens is 180 g/mol. The Morgan fingerprint density at radius 2 is 2.36 bits per heavy atom. The largest absolute Gasteiger partial charge is 0.497 e. The summed E-state index contributed by atoms with van der Waals surface area (Å²) in [5.74, 6) is 0.900. The predicted octanol–water partition coefficient (Wildman–Crippen LogP) is 1.73. The van der Waals surface area contributed by atoms with Crippen molar-refractivity contribution in [2.45, 2.75) is 12.3 Å². The first-order chi connectivity index (χ1) is 6.79. The minimum absolute atomic E-state index is 0.113. The molecule has 0 bridgehead atoms. The first kappa shape index (κ1) is 9.06. The molecule has 74 valence electrons. The maximum absolute atomic E-state index is 10.9. The lowest BCUT2D eigenvalue weighted by atomic mass is 9.98. The molecule has 0 aliphatic carbocycles. The lowest BCUT2D eigenvalue weighted by Crippen LogP contribution is -1.97. The van der Waals surface area contributed by atoms with Gasteiger partial charge < -0.3 is 9.47 Å². The lowest BCUT2D eigenvalue weighted by molar-refractivity contribution is -0.137. The number of rotatable bonds is 2. The van der Waals surface area contributed by atoms with Crippen LogP contribution >= 0.6 is 0 Å². The third-order valence-electron chi connectivity index (χ3n) is 2.42. The molecule has 1 aromatic carbocycles. The minimum atomic E-state index is -0.113. The molecule has 0 radical (unpaired) electrons. The fraction of sp³-hybridized carbons (Fsp3) is 0.364. The van der Waals surface area contributed by atoms with Crippen LogP contribution in [0.3, 0.4) is 0 Å². The molecule has 1 fully saturated rings. The smallest absolute Gasteiger partial charge is 0.306 e. The first-order valence-corrected chi connectivity index (χ1v) is 4.59. The van der Waals surface area contributed by atoms with Crippen molar-refractivity contribution in [1.82, 2.24) is 0 Å². The molecule has 0 aromatic heterocycles. The fourth-order valence-corrected chi connectivity index (χ4v) is 1.62. The predicted molar refractivity (Wildman–Crippen MR) is 51.3 cm³/mol. The number of methoxy groups -OCH3 is 1. The summed E-state index contributed by atoms with van der Waals surface area (Å²) < 4.78 is 10.0. The fourth-order valence-electron chi connectivity index (χ4n) is 1.62. The van der Waals surface area contributed by atoms with Crippen molar-refractivity contribution in [3.63, 3.8) is 0 Å². The van der Waals surface area contributed by atoms with E-state index in [2.05, 4.69) is 0 Å². The van der Waals surface area contributed by atoms with E-state index in [0.717, 1.165) is 11.3 Å². The summed E-state index contributed by atoms with van der Waals surface area (Å²) in [6.07, 6.45) is 0.479. The molecule has 3 heteroatoms. The van der Waals surface area contributed by atoms with Crippen molar-refractivity contribution in [3.05, 3.63) is 29.8 Å². The second kappa shape index (κ2) is 3.70. The van der Waals surface area contributed by atoms with Crippen molar-refractivity contribution < 1.29 is 14.3 Å². The third-order valence-corrected chi connectivity index (χ3v) is 2.42. The topological polar surface area (TPSA) is 35.5 Å². The van der Waals surface area contributed by atoms with E-state index < -0.39 is 0 Å². The van der Waals surface area contributed by atoms with Crippen LogP contribution in [0.5, 0.6) is 5.75 Å². The maximum atomic E-state index is 10.9. The van der Waals surface area contributed by atoms with Crippen LogP contribution in [-0.4, -0.2) is 19.7 Å². The van der Waals surface area contributed by atoms with Gasteiger partial charge in [0.05, 0.1) is 20.1 Å². The van der Waals surface area contributed by atoms with E-state index in [1.807, 2.05) is 24.3 Å². The number of hydrogen-bond donors (Lipinski definition) is 0. The molecule has 1 aromatic rings. The van der Waals surface area contributed by atoms with Crippen LogP contribution in [0.2, 0.25) is 0 Å². The molecule has 1 aliphatic heterocycles. The number of hydrogen-bond acceptors (Lipinski definition) is 3. The van der Waals surface area contributed by atoms with E-state index >= 15 is 0 Å². The Morgan fingerprint density at radius 3 is 3.00 bits per heavy atom. The Morgan fingerprint density at radius 1 is 1.50 bits per heavy atom. The SMILES string of the molecule is COc1cccc([C@@H]2COC(=O)C2)c1. The molecule has 14 heavy (non-hydrogen) atoms. The summed E-state index contributed by atoms with van der Waals surface area (Å²) in [6, 6.07) is 7.76. The van der Waals surface area contributed by atoms with Crippen LogP contribution in [0.1, 0.15) is 17.9 Å². The number of ether oxygens (including phenoxy) is 2. The molecule has 3 nitrogen and oxygen atoms in total. The molecular formula is C11H12O3. The number of esters is 1. The molecule has 1 aliphatic rings. The van der Waals surface area contributed by atoms with Crippen molar-refractivity contribution in [3.8, 4) is 5.75 Å². The van der Waals surface area contributed by atoms with Crippen LogP contribution in [-0.2, 0) is 9.53 Å². The molecule has 2 rings (SSSR count). The van der Waals surface area contributed by atoms with E-state index in [9.17, 15) is 4.79 Å². The van der Waals surface area contributed by atoms with Crippen LogP contribution in [0.4, 0.5) is 0 Å². The quantitative estimate of drug-likeness (QED) is 0.669. The summed E-state index contributed by atoms with van der Waals surface area (Å²) in [4.78, 5) is 10.9. The van der Waals surface area contributed by atoms with Crippen LogP contribution < -0.4 is 4.74 Å². The molecule has 0 amide bonds. The maximum Gasteiger partial charge on any atom is 0.306 e. The van der Waals surface area contributed by atoms with Gasteiger partial charge in [0.2, 0.25) is 0 Å². The summed E-state index contributed by atoms with van der Waals surface area (Å²) in [5.41, 5.74) is 1.11. The van der Waals surface area contributed by atoms with Gasteiger partial charge in [-0.05, 0) is 17.7 Å². The van der Waals surface area contributed by atoms with Gasteiger partial charge in [0.25, 0.3) is 0 Å². The van der Waals surface area contributed by atoms with Gasteiger partial charge in [-0.3, -0.25) is 4.79 Å². The standard InChI is InChI=1S/C11H12O3/c1-13-10-4-2-3-8(5-10)9-6-11(12)14-7-9/h2-5,9H,6-7H2,1H3/t9-/m0/s1. The monoisotopic (exact) mass is 192 g/mol. The van der Waals surface area contributed by atoms with Gasteiger partial charge in [-0.15, -0.1) is 0 Å². The van der Waals surface area contributed by atoms with Gasteiger partial charge >= 0.3 is 5.97 Å². The average molecular weight is 192 g/mol. The highest BCUT2D eigenvalue weighted by Crippen LogP contribution is 2.28. The number of cyclic esters (lactones) is 1. The second-order valence-electron chi connectivity index (χ2n) is 3.36. The highest BCUT2D eigenvalue weighted by molar-refractivity contribution is 5.72. The van der Waals surface area contributed by atoms with E-state index in [4.69, 9.17) is 9.47 Å². The van der Waals surface area contributed by atoms with Gasteiger partial charge in [0, 0.05) is 5.92 Å². The zero-order chi connectivity index (χ0) is 9.97. The van der Waals surface area contributed by atoms with Gasteiger partial charge in [0.15, 0.2) is 0 Å². The van der Waals surface area contributed by atoms with Crippen LogP contribution in [0.25, 0.3) is 0 Å². The molecule has 0 spiro atoms. The summed E-state index contributed by atoms with van der Waals surface area (Å²) in [6.45, 7) is 0.492. The van der Waals surface area contributed by atoms with Gasteiger partial charge in [-0.2, -0.15) is 0 Å². The Bertz CT molecular complexity index is 346. The lowest BCUT2D eigenvalue weighted by Gasteiger charge is -2.07. The van der Waals surface area contributed by atoms with Crippen molar-refractivity contribution >= 4 is 5.97 Å². The number of carbonyl (C=O) groups excluding carboxylic acids is 1. The molecule has 1 atom stereocenters. The Balaban J connectivity index is 2.19. The number of carbonyl (C=O) groups is 1. The summed E-state index contributed by atoms with van der Waals surface area (Å²) in [5, 5.41) is 0. The molecule has 1 saturated heterocycles. The van der Waals surface area contributed by atoms with Crippen molar-refractivity contribution in [2.24, 2.45) is 0 Å². The average Bonchev–Trinajstić information content (AvgIpc) is 2.65. The van der Waals surface area contributed by atoms with Gasteiger partial charge in [-0.1, -0.05) is 12.1 Å². The summed E-state index contributed by atoms with van der Waals surface area (Å²) >= 11 is 0. The van der Waals surface area contributed by atoms with E-state index in [-0.39, 0.29) is 11.9 Å². The highest BCUT2D eigenvalue weighted by Gasteiger charge is 2.25. The third kappa shape index (κ3) is 1.71. The Kier molecular flexibility index (Phi) is 2.39. The number of benzene rings is 1. The van der Waals surface area contributed by atoms with E-state index in [0.29, 0.717) is 13.0 Å². The van der Waals surface area contributed by atoms with Crippen molar-refractivity contribution in [2.75, 3.05) is 13.7 Å². The Hall–Kier alpha value is -1.51. The van der Waals surface area contributed by atoms with Gasteiger partial charge in [0.1, 0.15) is 5.75 Å². The van der Waals surface area contributed by atoms with Crippen LogP contribution in [0.15, 0.2) is 24.3 Å². The molecule has 0 unspecified atom stereocenters. The molecule has 0 saturated carbocycles. The molecule has 0 N–H and O–H groups in total. The van der Waals surface area contributed by atoms with E-state index in [1.165, 1.54) is 0 Å².